The van der Waals surface area contributed by atoms with E-state index in [-0.39, 0.29) is 28.5 Å². The Hall–Kier alpha value is -3.51. The first-order valence-corrected chi connectivity index (χ1v) is 13.8. The number of rotatable bonds is 5. The smallest absolute Gasteiger partial charge is 0.408 e. The molecule has 0 fully saturated rings. The summed E-state index contributed by atoms with van der Waals surface area (Å²) in [7, 11) is -4.25. The molecule has 1 aliphatic heterocycles. The van der Waals surface area contributed by atoms with Crippen LogP contribution < -0.4 is 10.2 Å². The SMILES string of the molecule is CCc1nc(-c2cc3c(cc2F)S(=O)(=O)C[C@H](NC(=O)OC(C)(C)C)C(=O)N3Cc2ccc(Cl)cc2)n[nH]1. The Morgan fingerprint density at radius 3 is 2.55 bits per heavy atom. The van der Waals surface area contributed by atoms with Gasteiger partial charge in [0.1, 0.15) is 23.3 Å². The maximum absolute atomic E-state index is 15.3. The van der Waals surface area contributed by atoms with E-state index in [0.29, 0.717) is 22.8 Å². The van der Waals surface area contributed by atoms with Crippen LogP contribution in [0.4, 0.5) is 14.9 Å². The first kappa shape index (κ1) is 27.5. The number of hydrogen-bond acceptors (Lipinski definition) is 7. The Labute approximate surface area is 224 Å². The molecule has 2 aromatic carbocycles. The minimum Gasteiger partial charge on any atom is -0.444 e. The van der Waals surface area contributed by atoms with E-state index in [0.717, 1.165) is 6.07 Å². The van der Waals surface area contributed by atoms with Gasteiger partial charge in [-0.25, -0.2) is 22.6 Å². The molecule has 38 heavy (non-hydrogen) atoms. The number of amides is 2. The zero-order valence-corrected chi connectivity index (χ0v) is 22.8. The number of hydrogen-bond donors (Lipinski definition) is 2. The lowest BCUT2D eigenvalue weighted by Crippen LogP contribution is -2.51. The number of ether oxygens (including phenoxy) is 1. The second-order valence-corrected chi connectivity index (χ2v) is 12.2. The molecule has 0 saturated carbocycles. The summed E-state index contributed by atoms with van der Waals surface area (Å²) in [5.41, 5.74) is -0.393. The van der Waals surface area contributed by atoms with Crippen LogP contribution in [0.5, 0.6) is 0 Å². The number of alkyl carbamates (subject to hydrolysis) is 1. The molecule has 0 radical (unpaired) electrons. The summed E-state index contributed by atoms with van der Waals surface area (Å²) < 4.78 is 47.3. The number of aryl methyl sites for hydroxylation is 1. The number of nitrogens with one attached hydrogen (secondary N) is 2. The molecule has 2 heterocycles. The number of halogens is 2. The standard InChI is InChI=1S/C25H27ClFN5O5S/c1-5-21-29-22(31-30-21)16-10-19-20(11-17(16)27)38(35,36)13-18(28-24(34)37-25(2,3)4)23(33)32(19)12-14-6-8-15(26)9-7-14/h6-11,18H,5,12-13H2,1-4H3,(H,28,34)(H,29,30,31)/t18-/m0/s1. The van der Waals surface area contributed by atoms with E-state index >= 15 is 4.39 Å². The normalized spacial score (nSPS) is 17.1. The van der Waals surface area contributed by atoms with Crippen LogP contribution in [0.1, 0.15) is 39.1 Å². The summed E-state index contributed by atoms with van der Waals surface area (Å²) in [6, 6.07) is 7.23. The summed E-state index contributed by atoms with van der Waals surface area (Å²) in [5, 5.41) is 9.59. The highest BCUT2D eigenvalue weighted by Gasteiger charge is 2.40. The number of carbonyl (C=O) groups excluding carboxylic acids is 2. The fourth-order valence-electron chi connectivity index (χ4n) is 3.92. The van der Waals surface area contributed by atoms with Crippen molar-refractivity contribution in [2.45, 2.75) is 57.2 Å². The summed E-state index contributed by atoms with van der Waals surface area (Å²) in [6.45, 7) is 6.67. The fraction of sp³-hybridized carbons (Fsp3) is 0.360. The van der Waals surface area contributed by atoms with Gasteiger partial charge in [0, 0.05) is 11.4 Å². The van der Waals surface area contributed by atoms with Crippen molar-refractivity contribution in [3.05, 3.63) is 58.6 Å². The molecule has 1 atom stereocenters. The third kappa shape index (κ3) is 5.97. The van der Waals surface area contributed by atoms with Gasteiger partial charge in [0.25, 0.3) is 5.91 Å². The minimum atomic E-state index is -4.25. The fourth-order valence-corrected chi connectivity index (χ4v) is 5.67. The van der Waals surface area contributed by atoms with E-state index in [1.165, 1.54) is 11.0 Å². The van der Waals surface area contributed by atoms with Crippen LogP contribution in [-0.4, -0.2) is 53.0 Å². The van der Waals surface area contributed by atoms with Gasteiger partial charge >= 0.3 is 6.09 Å². The highest BCUT2D eigenvalue weighted by Crippen LogP contribution is 2.36. The largest absolute Gasteiger partial charge is 0.444 e. The highest BCUT2D eigenvalue weighted by atomic mass is 35.5. The van der Waals surface area contributed by atoms with Crippen molar-refractivity contribution in [2.24, 2.45) is 0 Å². The number of H-pyrrole nitrogens is 1. The van der Waals surface area contributed by atoms with Gasteiger partial charge in [0.15, 0.2) is 15.7 Å². The molecule has 13 heteroatoms. The lowest BCUT2D eigenvalue weighted by atomic mass is 10.1. The monoisotopic (exact) mass is 563 g/mol. The van der Waals surface area contributed by atoms with Gasteiger partial charge < -0.3 is 15.0 Å². The number of nitrogens with zero attached hydrogens (tertiary/aromatic N) is 3. The van der Waals surface area contributed by atoms with E-state index in [4.69, 9.17) is 16.3 Å². The number of fused-ring (bicyclic) bond motifs is 1. The first-order valence-electron chi connectivity index (χ1n) is 11.8. The van der Waals surface area contributed by atoms with E-state index in [9.17, 15) is 18.0 Å². The number of aromatic amines is 1. The van der Waals surface area contributed by atoms with Gasteiger partial charge in [-0.3, -0.25) is 9.89 Å². The van der Waals surface area contributed by atoms with Crippen LogP contribution >= 0.6 is 11.6 Å². The Balaban J connectivity index is 1.84. The molecular formula is C25H27ClFN5O5S. The average molecular weight is 564 g/mol. The van der Waals surface area contributed by atoms with Crippen molar-refractivity contribution < 1.29 is 27.1 Å². The summed E-state index contributed by atoms with van der Waals surface area (Å²) >= 11 is 6.00. The molecule has 10 nitrogen and oxygen atoms in total. The molecule has 1 aliphatic rings. The number of carbonyl (C=O) groups is 2. The van der Waals surface area contributed by atoms with Crippen LogP contribution in [0.25, 0.3) is 11.4 Å². The van der Waals surface area contributed by atoms with Crippen LogP contribution in [0.2, 0.25) is 5.02 Å². The molecule has 4 rings (SSSR count). The van der Waals surface area contributed by atoms with Gasteiger partial charge in [-0.05, 0) is 50.6 Å². The maximum Gasteiger partial charge on any atom is 0.408 e. The molecule has 202 valence electrons. The second kappa shape index (κ2) is 10.3. The molecule has 0 bridgehead atoms. The Kier molecular flexibility index (Phi) is 7.48. The molecular weight excluding hydrogens is 537 g/mol. The van der Waals surface area contributed by atoms with Crippen molar-refractivity contribution in [1.82, 2.24) is 20.5 Å². The lowest BCUT2D eigenvalue weighted by molar-refractivity contribution is -0.120. The molecule has 3 aromatic rings. The molecule has 2 N–H and O–H groups in total. The van der Waals surface area contributed by atoms with E-state index in [1.54, 1.807) is 45.0 Å². The molecule has 0 saturated heterocycles. The number of aromatic nitrogens is 3. The van der Waals surface area contributed by atoms with Crippen molar-refractivity contribution >= 4 is 39.1 Å². The minimum absolute atomic E-state index is 0.0196. The van der Waals surface area contributed by atoms with Crippen molar-refractivity contribution in [3.63, 3.8) is 0 Å². The zero-order chi connectivity index (χ0) is 27.8. The van der Waals surface area contributed by atoms with Crippen LogP contribution in [0, 0.1) is 5.82 Å². The quantitative estimate of drug-likeness (QED) is 0.478. The van der Waals surface area contributed by atoms with E-state index in [2.05, 4.69) is 20.5 Å². The Morgan fingerprint density at radius 2 is 1.95 bits per heavy atom. The Bertz CT molecular complexity index is 1480. The van der Waals surface area contributed by atoms with Crippen LogP contribution in [-0.2, 0) is 32.3 Å². The van der Waals surface area contributed by atoms with Gasteiger partial charge in [-0.2, -0.15) is 5.10 Å². The molecule has 2 amide bonds. The van der Waals surface area contributed by atoms with Crippen molar-refractivity contribution in [2.75, 3.05) is 10.7 Å². The molecule has 0 aliphatic carbocycles. The van der Waals surface area contributed by atoms with Gasteiger partial charge in [-0.15, -0.1) is 0 Å². The number of benzene rings is 2. The highest BCUT2D eigenvalue weighted by molar-refractivity contribution is 7.91. The van der Waals surface area contributed by atoms with E-state index in [1.807, 2.05) is 6.92 Å². The van der Waals surface area contributed by atoms with Crippen molar-refractivity contribution in [1.29, 1.82) is 0 Å². The zero-order valence-electron chi connectivity index (χ0n) is 21.2. The second-order valence-electron chi connectivity index (χ2n) is 9.79. The number of sulfone groups is 1. The van der Waals surface area contributed by atoms with Gasteiger partial charge in [0.2, 0.25) is 0 Å². The molecule has 1 aromatic heterocycles. The summed E-state index contributed by atoms with van der Waals surface area (Å²) in [4.78, 5) is 31.3. The van der Waals surface area contributed by atoms with E-state index < -0.39 is 45.1 Å². The lowest BCUT2D eigenvalue weighted by Gasteiger charge is -2.27. The third-order valence-corrected chi connectivity index (χ3v) is 7.70. The Morgan fingerprint density at radius 1 is 1.26 bits per heavy atom. The summed E-state index contributed by atoms with van der Waals surface area (Å²) in [5.74, 6) is -1.83. The first-order chi connectivity index (χ1) is 17.8. The maximum atomic E-state index is 15.3. The van der Waals surface area contributed by atoms with Gasteiger partial charge in [0.05, 0.1) is 28.4 Å². The summed E-state index contributed by atoms with van der Waals surface area (Å²) in [6.07, 6.45) is -0.434. The average Bonchev–Trinajstić information content (AvgIpc) is 3.28. The van der Waals surface area contributed by atoms with Gasteiger partial charge in [-0.1, -0.05) is 30.7 Å². The number of anilines is 1. The third-order valence-electron chi connectivity index (χ3n) is 5.68. The van der Waals surface area contributed by atoms with Crippen LogP contribution in [0.15, 0.2) is 41.3 Å². The predicted molar refractivity (Wildman–Crippen MR) is 139 cm³/mol. The molecule has 0 spiro atoms. The topological polar surface area (TPSA) is 134 Å². The van der Waals surface area contributed by atoms with Crippen LogP contribution in [0.3, 0.4) is 0 Å². The van der Waals surface area contributed by atoms with Crippen molar-refractivity contribution in [3.8, 4) is 11.4 Å². The molecule has 0 unspecified atom stereocenters. The predicted octanol–water partition coefficient (Wildman–Crippen LogP) is 4.04.